The molecule has 7 nitrogen and oxygen atoms in total. The van der Waals surface area contributed by atoms with Crippen molar-refractivity contribution in [2.45, 2.75) is 38.0 Å². The highest BCUT2D eigenvalue weighted by Gasteiger charge is 2.48. The zero-order chi connectivity index (χ0) is 25.0. The van der Waals surface area contributed by atoms with Crippen molar-refractivity contribution in [1.29, 1.82) is 0 Å². The summed E-state index contributed by atoms with van der Waals surface area (Å²) < 4.78 is 63.6. The number of rotatable bonds is 5. The van der Waals surface area contributed by atoms with E-state index in [-0.39, 0.29) is 30.2 Å². The normalized spacial score (nSPS) is 20.1. The molecule has 1 aliphatic rings. The molecule has 0 amide bonds. The largest absolute Gasteiger partial charge is 0.491 e. The number of likely N-dealkylation sites (tertiary alicyclic amines) is 1. The molecule has 0 aliphatic carbocycles. The van der Waals surface area contributed by atoms with Crippen LogP contribution in [0.1, 0.15) is 31.9 Å². The molecule has 4 heterocycles. The minimum Gasteiger partial charge on any atom is -0.491 e. The summed E-state index contributed by atoms with van der Waals surface area (Å²) in [6.07, 6.45) is -2.62. The molecule has 1 aliphatic heterocycles. The van der Waals surface area contributed by atoms with Crippen LogP contribution in [0.15, 0.2) is 42.6 Å². The number of fused-ring (bicyclic) bond motifs is 2. The van der Waals surface area contributed by atoms with E-state index < -0.39 is 23.6 Å². The van der Waals surface area contributed by atoms with E-state index in [9.17, 15) is 17.6 Å². The molecule has 0 bridgehead atoms. The molecule has 3 aromatic heterocycles. The summed E-state index contributed by atoms with van der Waals surface area (Å²) in [4.78, 5) is 5.92. The van der Waals surface area contributed by atoms with Gasteiger partial charge in [-0.3, -0.25) is 9.30 Å². The molecule has 0 unspecified atom stereocenters. The van der Waals surface area contributed by atoms with Crippen molar-refractivity contribution >= 4 is 16.6 Å². The van der Waals surface area contributed by atoms with Crippen molar-refractivity contribution < 1.29 is 22.3 Å². The molecule has 2 atom stereocenters. The molecule has 5 rings (SSSR count). The van der Waals surface area contributed by atoms with E-state index in [0.717, 1.165) is 0 Å². The molecule has 1 saturated heterocycles. The number of pyridine rings is 2. The Hall–Kier alpha value is -3.31. The molecule has 1 fully saturated rings. The van der Waals surface area contributed by atoms with Crippen molar-refractivity contribution in [3.8, 4) is 17.3 Å². The summed E-state index contributed by atoms with van der Waals surface area (Å²) in [5, 5.41) is 8.81. The van der Waals surface area contributed by atoms with Gasteiger partial charge < -0.3 is 10.5 Å². The zero-order valence-corrected chi connectivity index (χ0v) is 19.2. The lowest BCUT2D eigenvalue weighted by atomic mass is 10.0. The quantitative estimate of drug-likeness (QED) is 0.417. The minimum absolute atomic E-state index is 0.0604. The van der Waals surface area contributed by atoms with Crippen LogP contribution in [0.5, 0.6) is 5.75 Å². The smallest absolute Gasteiger partial charge is 0.408 e. The Morgan fingerprint density at radius 3 is 2.66 bits per heavy atom. The van der Waals surface area contributed by atoms with E-state index in [1.807, 2.05) is 0 Å². The number of hydrogen-bond donors (Lipinski definition) is 1. The molecule has 11 heteroatoms. The van der Waals surface area contributed by atoms with Gasteiger partial charge in [-0.25, -0.2) is 9.37 Å². The van der Waals surface area contributed by atoms with Crippen LogP contribution in [0.4, 0.5) is 17.6 Å². The van der Waals surface area contributed by atoms with E-state index >= 15 is 0 Å². The van der Waals surface area contributed by atoms with Crippen molar-refractivity contribution in [2.75, 3.05) is 19.7 Å². The molecule has 4 aromatic rings. The number of hydrogen-bond acceptors (Lipinski definition) is 6. The van der Waals surface area contributed by atoms with Crippen LogP contribution < -0.4 is 10.5 Å². The second kappa shape index (κ2) is 8.42. The molecule has 2 N–H and O–H groups in total. The SMILES string of the molecule is CCOc1cc2nc(-c3nnc4ccc([C@@H](N5CC[C@](C)(N)C5)C(F)(F)F)cn34)ccc2cc1F. The highest BCUT2D eigenvalue weighted by molar-refractivity contribution is 5.82. The van der Waals surface area contributed by atoms with Gasteiger partial charge in [0.15, 0.2) is 23.0 Å². The van der Waals surface area contributed by atoms with Crippen molar-refractivity contribution in [2.24, 2.45) is 5.73 Å². The third-order valence-electron chi connectivity index (χ3n) is 6.22. The lowest BCUT2D eigenvalue weighted by molar-refractivity contribution is -0.184. The predicted molar refractivity (Wildman–Crippen MR) is 122 cm³/mol. The molecule has 184 valence electrons. The summed E-state index contributed by atoms with van der Waals surface area (Å²) in [6, 6.07) is 7.23. The van der Waals surface area contributed by atoms with E-state index in [2.05, 4.69) is 15.2 Å². The Morgan fingerprint density at radius 1 is 1.17 bits per heavy atom. The fraction of sp³-hybridized carbons (Fsp3) is 0.375. The van der Waals surface area contributed by atoms with Crippen LogP contribution in [0, 0.1) is 5.82 Å². The van der Waals surface area contributed by atoms with Crippen molar-refractivity contribution in [3.05, 3.63) is 54.0 Å². The van der Waals surface area contributed by atoms with Crippen molar-refractivity contribution in [1.82, 2.24) is 24.5 Å². The highest BCUT2D eigenvalue weighted by atomic mass is 19.4. The Labute approximate surface area is 198 Å². The third-order valence-corrected chi connectivity index (χ3v) is 6.22. The number of alkyl halides is 3. The van der Waals surface area contributed by atoms with Gasteiger partial charge in [0.05, 0.1) is 12.1 Å². The van der Waals surface area contributed by atoms with Gasteiger partial charge in [-0.2, -0.15) is 13.2 Å². The monoisotopic (exact) mass is 488 g/mol. The van der Waals surface area contributed by atoms with Gasteiger partial charge in [-0.15, -0.1) is 10.2 Å². The first-order chi connectivity index (χ1) is 16.6. The lowest BCUT2D eigenvalue weighted by Crippen LogP contribution is -2.43. The van der Waals surface area contributed by atoms with Gasteiger partial charge in [0.2, 0.25) is 0 Å². The number of halogens is 4. The minimum atomic E-state index is -4.50. The second-order valence-corrected chi connectivity index (χ2v) is 9.14. The zero-order valence-electron chi connectivity index (χ0n) is 19.2. The molecule has 0 radical (unpaired) electrons. The summed E-state index contributed by atoms with van der Waals surface area (Å²) in [7, 11) is 0. The van der Waals surface area contributed by atoms with Gasteiger partial charge in [0, 0.05) is 36.3 Å². The summed E-state index contributed by atoms with van der Waals surface area (Å²) in [6.45, 7) is 4.18. The first-order valence-corrected chi connectivity index (χ1v) is 11.2. The third kappa shape index (κ3) is 4.41. The Morgan fingerprint density at radius 2 is 1.97 bits per heavy atom. The summed E-state index contributed by atoms with van der Waals surface area (Å²) >= 11 is 0. The maximum Gasteiger partial charge on any atom is 0.408 e. The number of nitrogens with two attached hydrogens (primary N) is 1. The topological polar surface area (TPSA) is 81.6 Å². The van der Waals surface area contributed by atoms with Crippen molar-refractivity contribution in [3.63, 3.8) is 0 Å². The van der Waals surface area contributed by atoms with E-state index in [1.165, 1.54) is 39.8 Å². The molecule has 0 saturated carbocycles. The van der Waals surface area contributed by atoms with Crippen LogP contribution in [-0.4, -0.2) is 55.9 Å². The van der Waals surface area contributed by atoms with Gasteiger partial charge in [0.1, 0.15) is 11.7 Å². The number of benzene rings is 1. The van der Waals surface area contributed by atoms with Gasteiger partial charge in [0.25, 0.3) is 0 Å². The fourth-order valence-corrected chi connectivity index (χ4v) is 4.61. The Balaban J connectivity index is 1.58. The molecule has 35 heavy (non-hydrogen) atoms. The standard InChI is InChI=1S/C24H24F4N6O/c1-3-35-19-11-18-14(10-16(19)25)4-6-17(30-18)22-32-31-20-7-5-15(12-34(20)22)21(24(26,27)28)33-9-8-23(2,29)13-33/h4-7,10-12,21H,3,8-9,13,29H2,1-2H3/t21-,23+/m1/s1. The van der Waals surface area contributed by atoms with Gasteiger partial charge in [-0.1, -0.05) is 12.1 Å². The van der Waals surface area contributed by atoms with Crippen LogP contribution >= 0.6 is 0 Å². The molecular weight excluding hydrogens is 464 g/mol. The lowest BCUT2D eigenvalue weighted by Gasteiger charge is -2.31. The molecule has 0 spiro atoms. The Bertz CT molecular complexity index is 1400. The Kier molecular flexibility index (Phi) is 5.64. The van der Waals surface area contributed by atoms with Gasteiger partial charge in [-0.05, 0) is 44.0 Å². The number of nitrogens with zero attached hydrogens (tertiary/aromatic N) is 5. The highest BCUT2D eigenvalue weighted by Crippen LogP contribution is 2.41. The predicted octanol–water partition coefficient (Wildman–Crippen LogP) is 4.51. The van der Waals surface area contributed by atoms with Crippen LogP contribution in [0.2, 0.25) is 0 Å². The molecule has 1 aromatic carbocycles. The average Bonchev–Trinajstić information content (AvgIpc) is 3.36. The number of ether oxygens (including phenoxy) is 1. The van der Waals surface area contributed by atoms with E-state index in [4.69, 9.17) is 10.5 Å². The van der Waals surface area contributed by atoms with E-state index in [0.29, 0.717) is 35.3 Å². The van der Waals surface area contributed by atoms with Crippen LogP contribution in [0.3, 0.4) is 0 Å². The fourth-order valence-electron chi connectivity index (χ4n) is 4.61. The van der Waals surface area contributed by atoms with Gasteiger partial charge >= 0.3 is 6.18 Å². The average molecular weight is 488 g/mol. The second-order valence-electron chi connectivity index (χ2n) is 9.14. The maximum absolute atomic E-state index is 14.2. The molecular formula is C24H24F4N6O. The maximum atomic E-state index is 14.2. The van der Waals surface area contributed by atoms with E-state index in [1.54, 1.807) is 26.0 Å². The first kappa shape index (κ1) is 23.4. The van der Waals surface area contributed by atoms with Crippen LogP contribution in [0.25, 0.3) is 28.1 Å². The summed E-state index contributed by atoms with van der Waals surface area (Å²) in [5.41, 5.74) is 6.73. The number of aromatic nitrogens is 4. The first-order valence-electron chi connectivity index (χ1n) is 11.2. The van der Waals surface area contributed by atoms with Crippen LogP contribution in [-0.2, 0) is 0 Å². The summed E-state index contributed by atoms with van der Waals surface area (Å²) in [5.74, 6) is -0.152.